The van der Waals surface area contributed by atoms with Crippen LogP contribution in [0.4, 0.5) is 27.2 Å². The van der Waals surface area contributed by atoms with Crippen molar-refractivity contribution in [2.45, 2.75) is 6.92 Å². The van der Waals surface area contributed by atoms with E-state index in [9.17, 15) is 20.2 Å². The van der Waals surface area contributed by atoms with E-state index in [1.807, 2.05) is 0 Å². The van der Waals surface area contributed by atoms with E-state index in [1.165, 1.54) is 11.3 Å². The molecule has 1 aromatic carbocycles. The smallest absolute Gasteiger partial charge is 0.304 e. The molecular formula is C12H10Br2N6O4S. The second-order valence-electron chi connectivity index (χ2n) is 4.53. The molecule has 0 radical (unpaired) electrons. The van der Waals surface area contributed by atoms with Crippen LogP contribution in [0.3, 0.4) is 0 Å². The van der Waals surface area contributed by atoms with Gasteiger partial charge in [-0.05, 0) is 22.9 Å². The van der Waals surface area contributed by atoms with Crippen molar-refractivity contribution in [2.75, 3.05) is 17.2 Å². The molecule has 0 unspecified atom stereocenters. The summed E-state index contributed by atoms with van der Waals surface area (Å²) in [5.41, 5.74) is -0.401. The monoisotopic (exact) mass is 492 g/mol. The Kier molecular flexibility index (Phi) is 6.50. The Morgan fingerprint density at radius 3 is 2.60 bits per heavy atom. The second kappa shape index (κ2) is 8.40. The Morgan fingerprint density at radius 1 is 1.28 bits per heavy atom. The number of nitrogens with zero attached hydrogens (tertiary/aromatic N) is 5. The fourth-order valence-corrected chi connectivity index (χ4v) is 3.25. The highest BCUT2D eigenvalue weighted by Gasteiger charge is 2.23. The summed E-state index contributed by atoms with van der Waals surface area (Å²) in [5.74, 6) is 0. The predicted molar refractivity (Wildman–Crippen MR) is 101 cm³/mol. The molecule has 0 aliphatic heterocycles. The average Bonchev–Trinajstić information content (AvgIpc) is 2.90. The molecule has 0 saturated carbocycles. The minimum Gasteiger partial charge on any atom is -0.361 e. The zero-order chi connectivity index (χ0) is 18.6. The van der Waals surface area contributed by atoms with Gasteiger partial charge in [-0.1, -0.05) is 27.3 Å². The van der Waals surface area contributed by atoms with Crippen LogP contribution in [0.2, 0.25) is 0 Å². The Bertz CT molecular complexity index is 856. The van der Waals surface area contributed by atoms with Gasteiger partial charge in [-0.25, -0.2) is 4.98 Å². The molecule has 0 saturated heterocycles. The van der Waals surface area contributed by atoms with Crippen LogP contribution in [-0.4, -0.2) is 26.7 Å². The first-order chi connectivity index (χ1) is 11.8. The normalized spacial score (nSPS) is 11.0. The van der Waals surface area contributed by atoms with Gasteiger partial charge in [-0.15, -0.1) is 10.2 Å². The predicted octanol–water partition coefficient (Wildman–Crippen LogP) is 5.25. The SMILES string of the molecule is Cc1nc(NCCBr)sc1N=Nc1c(Br)cc([N+](=O)[O-])cc1[N+](=O)[O-]. The third-order valence-electron chi connectivity index (χ3n) is 2.82. The molecule has 25 heavy (non-hydrogen) atoms. The van der Waals surface area contributed by atoms with E-state index in [1.54, 1.807) is 6.92 Å². The lowest BCUT2D eigenvalue weighted by Crippen LogP contribution is -2.01. The lowest BCUT2D eigenvalue weighted by molar-refractivity contribution is -0.393. The summed E-state index contributed by atoms with van der Waals surface area (Å²) in [6.45, 7) is 2.42. The number of nitro benzene ring substituents is 2. The van der Waals surface area contributed by atoms with E-state index in [-0.39, 0.29) is 10.2 Å². The molecule has 0 atom stereocenters. The van der Waals surface area contributed by atoms with Crippen LogP contribution in [0.15, 0.2) is 26.8 Å². The van der Waals surface area contributed by atoms with Crippen molar-refractivity contribution in [2.24, 2.45) is 10.2 Å². The molecule has 1 N–H and O–H groups in total. The summed E-state index contributed by atoms with van der Waals surface area (Å²) in [7, 11) is 0. The van der Waals surface area contributed by atoms with Crippen molar-refractivity contribution in [1.29, 1.82) is 0 Å². The van der Waals surface area contributed by atoms with E-state index in [2.05, 4.69) is 52.4 Å². The van der Waals surface area contributed by atoms with Crippen molar-refractivity contribution < 1.29 is 9.85 Å². The molecule has 0 amide bonds. The number of anilines is 1. The summed E-state index contributed by atoms with van der Waals surface area (Å²) < 4.78 is 0.108. The maximum Gasteiger partial charge on any atom is 0.304 e. The number of alkyl halides is 1. The van der Waals surface area contributed by atoms with Crippen LogP contribution < -0.4 is 5.32 Å². The number of aryl methyl sites for hydroxylation is 1. The number of hydrogen-bond acceptors (Lipinski definition) is 9. The number of halogens is 2. The van der Waals surface area contributed by atoms with E-state index in [0.717, 1.165) is 17.5 Å². The van der Waals surface area contributed by atoms with Crippen LogP contribution >= 0.6 is 43.2 Å². The lowest BCUT2D eigenvalue weighted by atomic mass is 10.2. The number of rotatable bonds is 7. The minimum atomic E-state index is -0.741. The zero-order valence-corrected chi connectivity index (χ0v) is 16.6. The lowest BCUT2D eigenvalue weighted by Gasteiger charge is -2.00. The van der Waals surface area contributed by atoms with Gasteiger partial charge in [0.25, 0.3) is 5.69 Å². The highest BCUT2D eigenvalue weighted by Crippen LogP contribution is 2.40. The first-order valence-corrected chi connectivity index (χ1v) is 9.38. The molecule has 2 aromatic rings. The molecule has 132 valence electrons. The third kappa shape index (κ3) is 4.76. The number of aromatic nitrogens is 1. The number of non-ortho nitro benzene ring substituents is 1. The maximum atomic E-state index is 11.2. The molecule has 1 aromatic heterocycles. The highest BCUT2D eigenvalue weighted by atomic mass is 79.9. The topological polar surface area (TPSA) is 136 Å². The molecule has 0 aliphatic rings. The number of nitrogens with one attached hydrogen (secondary N) is 1. The largest absolute Gasteiger partial charge is 0.361 e. The van der Waals surface area contributed by atoms with E-state index < -0.39 is 21.2 Å². The Balaban J connectivity index is 2.39. The summed E-state index contributed by atoms with van der Waals surface area (Å²) in [6, 6.07) is 1.99. The molecule has 0 fully saturated rings. The standard InChI is InChI=1S/C12H10Br2N6O4S/c1-6-11(25-12(16-6)15-3-2-13)18-17-10-8(14)4-7(19(21)22)5-9(10)20(23)24/h4-5H,2-3H2,1H3,(H,15,16). The molecule has 1 heterocycles. The summed E-state index contributed by atoms with van der Waals surface area (Å²) in [4.78, 5) is 24.8. The molecular weight excluding hydrogens is 484 g/mol. The van der Waals surface area contributed by atoms with Crippen molar-refractivity contribution in [3.05, 3.63) is 42.5 Å². The number of thiazole rings is 1. The van der Waals surface area contributed by atoms with Gasteiger partial charge in [-0.3, -0.25) is 20.2 Å². The van der Waals surface area contributed by atoms with Crippen molar-refractivity contribution in [3.8, 4) is 0 Å². The molecule has 10 nitrogen and oxygen atoms in total. The van der Waals surface area contributed by atoms with Crippen LogP contribution in [-0.2, 0) is 0 Å². The average molecular weight is 494 g/mol. The maximum absolute atomic E-state index is 11.2. The Hall–Kier alpha value is -1.99. The third-order valence-corrected chi connectivity index (χ3v) is 4.82. The van der Waals surface area contributed by atoms with Crippen LogP contribution in [0.25, 0.3) is 0 Å². The molecule has 0 spiro atoms. The van der Waals surface area contributed by atoms with Crippen LogP contribution in [0.5, 0.6) is 0 Å². The van der Waals surface area contributed by atoms with Gasteiger partial charge in [0.2, 0.25) is 0 Å². The molecule has 0 bridgehead atoms. The quantitative estimate of drug-likeness (QED) is 0.242. The minimum absolute atomic E-state index is 0.0987. The highest BCUT2D eigenvalue weighted by molar-refractivity contribution is 9.10. The van der Waals surface area contributed by atoms with Gasteiger partial charge in [-0.2, -0.15) is 0 Å². The van der Waals surface area contributed by atoms with Gasteiger partial charge in [0.05, 0.1) is 26.1 Å². The molecule has 0 aliphatic carbocycles. The van der Waals surface area contributed by atoms with E-state index in [4.69, 9.17) is 0 Å². The van der Waals surface area contributed by atoms with Gasteiger partial charge in [0.15, 0.2) is 15.8 Å². The molecule has 13 heteroatoms. The van der Waals surface area contributed by atoms with Gasteiger partial charge < -0.3 is 5.32 Å². The number of nitro groups is 2. The van der Waals surface area contributed by atoms with Gasteiger partial charge >= 0.3 is 5.69 Å². The van der Waals surface area contributed by atoms with Crippen LogP contribution in [0.1, 0.15) is 5.69 Å². The van der Waals surface area contributed by atoms with Crippen molar-refractivity contribution >= 4 is 70.4 Å². The zero-order valence-electron chi connectivity index (χ0n) is 12.6. The number of hydrogen-bond donors (Lipinski definition) is 1. The first kappa shape index (κ1) is 19.3. The fraction of sp³-hybridized carbons (Fsp3) is 0.250. The summed E-state index contributed by atoms with van der Waals surface area (Å²) in [6.07, 6.45) is 0. The van der Waals surface area contributed by atoms with E-state index >= 15 is 0 Å². The van der Waals surface area contributed by atoms with Gasteiger partial charge in [0, 0.05) is 17.9 Å². The van der Waals surface area contributed by atoms with Crippen LogP contribution in [0, 0.1) is 27.2 Å². The number of benzene rings is 1. The van der Waals surface area contributed by atoms with E-state index in [0.29, 0.717) is 22.4 Å². The van der Waals surface area contributed by atoms with Gasteiger partial charge in [0.1, 0.15) is 0 Å². The Morgan fingerprint density at radius 2 is 2.00 bits per heavy atom. The molecule has 2 rings (SSSR count). The van der Waals surface area contributed by atoms with Crippen molar-refractivity contribution in [1.82, 2.24) is 4.98 Å². The second-order valence-corrected chi connectivity index (χ2v) is 7.16. The summed E-state index contributed by atoms with van der Waals surface area (Å²) in [5, 5.41) is 34.9. The summed E-state index contributed by atoms with van der Waals surface area (Å²) >= 11 is 7.62. The van der Waals surface area contributed by atoms with Crippen molar-refractivity contribution in [3.63, 3.8) is 0 Å². The fourth-order valence-electron chi connectivity index (χ4n) is 1.72. The first-order valence-electron chi connectivity index (χ1n) is 6.64. The Labute approximate surface area is 161 Å². The number of azo groups is 1.